The second-order valence-corrected chi connectivity index (χ2v) is 7.88. The molecule has 0 aliphatic heterocycles. The summed E-state index contributed by atoms with van der Waals surface area (Å²) in [5.41, 5.74) is 0.428. The number of hydrogen-bond donors (Lipinski definition) is 0. The van der Waals surface area contributed by atoms with E-state index in [9.17, 15) is 0 Å². The van der Waals surface area contributed by atoms with Crippen molar-refractivity contribution in [2.45, 2.75) is 118 Å². The van der Waals surface area contributed by atoms with Crippen LogP contribution in [-0.4, -0.2) is 0 Å². The van der Waals surface area contributed by atoms with Crippen LogP contribution in [0.25, 0.3) is 0 Å². The second-order valence-electron chi connectivity index (χ2n) is 7.88. The highest BCUT2D eigenvalue weighted by atomic mass is 14.3. The first kappa shape index (κ1) is 21.0. The van der Waals surface area contributed by atoms with Crippen LogP contribution in [0.1, 0.15) is 118 Å². The second kappa shape index (κ2) is 13.6. The average molecular weight is 296 g/mol. The van der Waals surface area contributed by atoms with E-state index in [1.54, 1.807) is 0 Å². The van der Waals surface area contributed by atoms with Crippen LogP contribution in [0, 0.1) is 18.3 Å². The predicted molar refractivity (Wildman–Crippen MR) is 98.6 cm³/mol. The van der Waals surface area contributed by atoms with E-state index < -0.39 is 0 Å². The average Bonchev–Trinajstić information content (AvgIpc) is 2.43. The van der Waals surface area contributed by atoms with Crippen molar-refractivity contribution in [2.24, 2.45) is 11.3 Å². The largest absolute Gasteiger partial charge is 0.0654 e. The lowest BCUT2D eigenvalue weighted by atomic mass is 9.77. The van der Waals surface area contributed by atoms with E-state index in [0.29, 0.717) is 11.3 Å². The van der Waals surface area contributed by atoms with Gasteiger partial charge in [0.1, 0.15) is 0 Å². The lowest BCUT2D eigenvalue weighted by Gasteiger charge is -2.29. The minimum atomic E-state index is 0.428. The van der Waals surface area contributed by atoms with E-state index >= 15 is 0 Å². The van der Waals surface area contributed by atoms with E-state index in [1.165, 1.54) is 89.9 Å². The molecule has 0 fully saturated rings. The lowest BCUT2D eigenvalue weighted by molar-refractivity contribution is 0.242. The molecule has 0 aliphatic rings. The normalized spacial score (nSPS) is 12.3. The molecule has 0 aromatic heterocycles. The van der Waals surface area contributed by atoms with Gasteiger partial charge >= 0.3 is 0 Å². The Labute approximate surface area is 136 Å². The summed E-state index contributed by atoms with van der Waals surface area (Å²) in [6.07, 6.45) is 20.1. The fourth-order valence-corrected chi connectivity index (χ4v) is 2.84. The summed E-state index contributed by atoms with van der Waals surface area (Å²) < 4.78 is 0. The van der Waals surface area contributed by atoms with Crippen LogP contribution in [0.4, 0.5) is 0 Å². The summed E-state index contributed by atoms with van der Waals surface area (Å²) in [5.74, 6) is 0.565. The fraction of sp³-hybridized carbons (Fsp3) is 0.952. The van der Waals surface area contributed by atoms with E-state index in [0.717, 1.165) is 0 Å². The molecule has 0 aromatic carbocycles. The van der Waals surface area contributed by atoms with Gasteiger partial charge < -0.3 is 0 Å². The third-order valence-electron chi connectivity index (χ3n) is 5.26. The predicted octanol–water partition coefficient (Wildman–Crippen LogP) is 7.96. The first-order valence-corrected chi connectivity index (χ1v) is 9.83. The highest BCUT2D eigenvalue weighted by molar-refractivity contribution is 4.76. The maximum Gasteiger partial charge on any atom is -0.0329 e. The minimum Gasteiger partial charge on any atom is -0.0654 e. The summed E-state index contributed by atoms with van der Waals surface area (Å²) in [5, 5.41) is 0. The van der Waals surface area contributed by atoms with Crippen molar-refractivity contribution in [3.8, 4) is 0 Å². The molecule has 0 bridgehead atoms. The van der Waals surface area contributed by atoms with Gasteiger partial charge in [-0.05, 0) is 24.7 Å². The Morgan fingerprint density at radius 1 is 0.667 bits per heavy atom. The molecule has 1 atom stereocenters. The number of hydrogen-bond acceptors (Lipinski definition) is 0. The molecule has 0 N–H and O–H groups in total. The van der Waals surface area contributed by atoms with Crippen molar-refractivity contribution in [1.82, 2.24) is 0 Å². The first-order valence-electron chi connectivity index (χ1n) is 9.83. The van der Waals surface area contributed by atoms with Gasteiger partial charge in [0.2, 0.25) is 0 Å². The zero-order valence-electron chi connectivity index (χ0n) is 15.7. The van der Waals surface area contributed by atoms with Gasteiger partial charge in [0.25, 0.3) is 0 Å². The quantitative estimate of drug-likeness (QED) is 0.269. The Hall–Kier alpha value is 0. The van der Waals surface area contributed by atoms with Crippen LogP contribution in [0.5, 0.6) is 0 Å². The summed E-state index contributed by atoms with van der Waals surface area (Å²) in [6, 6.07) is 0. The van der Waals surface area contributed by atoms with Gasteiger partial charge in [-0.15, -0.1) is 0 Å². The van der Waals surface area contributed by atoms with E-state index in [2.05, 4.69) is 34.6 Å². The highest BCUT2D eigenvalue weighted by Crippen LogP contribution is 2.32. The molecule has 1 radical (unpaired) electrons. The molecular formula is C21H43. The van der Waals surface area contributed by atoms with Gasteiger partial charge in [-0.1, -0.05) is 111 Å². The van der Waals surface area contributed by atoms with Gasteiger partial charge in [0.15, 0.2) is 0 Å². The molecule has 0 amide bonds. The Balaban J connectivity index is 3.16. The number of rotatable bonds is 15. The lowest BCUT2D eigenvalue weighted by Crippen LogP contribution is -2.18. The van der Waals surface area contributed by atoms with Gasteiger partial charge in [-0.2, -0.15) is 0 Å². The van der Waals surface area contributed by atoms with Crippen molar-refractivity contribution < 1.29 is 0 Å². The molecule has 0 saturated heterocycles. The molecule has 0 aromatic rings. The van der Waals surface area contributed by atoms with Crippen LogP contribution in [0.2, 0.25) is 0 Å². The monoisotopic (exact) mass is 295 g/mol. The molecule has 0 heteroatoms. The summed E-state index contributed by atoms with van der Waals surface area (Å²) >= 11 is 0. The molecule has 0 nitrogen and oxygen atoms in total. The third kappa shape index (κ3) is 13.4. The van der Waals surface area contributed by atoms with Crippen molar-refractivity contribution >= 4 is 0 Å². The van der Waals surface area contributed by atoms with Crippen molar-refractivity contribution in [2.75, 3.05) is 0 Å². The van der Waals surface area contributed by atoms with Crippen molar-refractivity contribution in [3.05, 3.63) is 6.92 Å². The molecule has 0 saturated carbocycles. The summed E-state index contributed by atoms with van der Waals surface area (Å²) in [4.78, 5) is 0. The van der Waals surface area contributed by atoms with Gasteiger partial charge in [0, 0.05) is 0 Å². The SMILES string of the molecule is [CH2]C(C)C(C)(C)CCCCCCCCCCCCCCC. The van der Waals surface area contributed by atoms with E-state index in [1.807, 2.05) is 0 Å². The third-order valence-corrected chi connectivity index (χ3v) is 5.26. The Kier molecular flexibility index (Phi) is 13.6. The molecule has 0 aliphatic carbocycles. The Bertz CT molecular complexity index is 202. The highest BCUT2D eigenvalue weighted by Gasteiger charge is 2.21. The molecular weight excluding hydrogens is 252 g/mol. The van der Waals surface area contributed by atoms with Gasteiger partial charge in [0.05, 0.1) is 0 Å². The maximum atomic E-state index is 4.19. The Morgan fingerprint density at radius 2 is 1.00 bits per heavy atom. The Morgan fingerprint density at radius 3 is 1.33 bits per heavy atom. The van der Waals surface area contributed by atoms with Crippen LogP contribution in [0.15, 0.2) is 0 Å². The fourth-order valence-electron chi connectivity index (χ4n) is 2.84. The standard InChI is InChI=1S/C21H43/c1-6-7-8-9-10-11-12-13-14-15-16-17-18-19-21(4,5)20(2)3/h20H,2,6-19H2,1,3-5H3. The minimum absolute atomic E-state index is 0.428. The maximum absolute atomic E-state index is 4.19. The van der Waals surface area contributed by atoms with Crippen molar-refractivity contribution in [3.63, 3.8) is 0 Å². The molecule has 127 valence electrons. The molecule has 0 rings (SSSR count). The summed E-state index contributed by atoms with van der Waals surface area (Å²) in [7, 11) is 0. The molecule has 21 heavy (non-hydrogen) atoms. The first-order chi connectivity index (χ1) is 10.0. The zero-order chi connectivity index (χ0) is 16.0. The van der Waals surface area contributed by atoms with Gasteiger partial charge in [-0.3, -0.25) is 0 Å². The van der Waals surface area contributed by atoms with Crippen LogP contribution in [-0.2, 0) is 0 Å². The molecule has 0 heterocycles. The van der Waals surface area contributed by atoms with Crippen LogP contribution >= 0.6 is 0 Å². The van der Waals surface area contributed by atoms with Gasteiger partial charge in [-0.25, -0.2) is 0 Å². The molecule has 0 spiro atoms. The number of unbranched alkanes of at least 4 members (excludes halogenated alkanes) is 12. The van der Waals surface area contributed by atoms with Crippen LogP contribution < -0.4 is 0 Å². The molecule has 1 unspecified atom stereocenters. The van der Waals surface area contributed by atoms with E-state index in [-0.39, 0.29) is 0 Å². The van der Waals surface area contributed by atoms with E-state index in [4.69, 9.17) is 0 Å². The van der Waals surface area contributed by atoms with Crippen molar-refractivity contribution in [1.29, 1.82) is 0 Å². The smallest absolute Gasteiger partial charge is 0.0329 e. The topological polar surface area (TPSA) is 0 Å². The summed E-state index contributed by atoms with van der Waals surface area (Å²) in [6.45, 7) is 13.5. The zero-order valence-corrected chi connectivity index (χ0v) is 15.7. The van der Waals surface area contributed by atoms with Crippen LogP contribution in [0.3, 0.4) is 0 Å².